The fourth-order valence-electron chi connectivity index (χ4n) is 6.46. The maximum Gasteiger partial charge on any atom is 0.158 e. The molecule has 0 radical (unpaired) electrons. The van der Waals surface area contributed by atoms with Crippen molar-refractivity contribution in [2.24, 2.45) is 0 Å². The van der Waals surface area contributed by atoms with Gasteiger partial charge in [0.05, 0.1) is 13.2 Å². The molecule has 0 aliphatic carbocycles. The van der Waals surface area contributed by atoms with Gasteiger partial charge < -0.3 is 14.2 Å². The van der Waals surface area contributed by atoms with Crippen LogP contribution in [0.3, 0.4) is 0 Å². The molecule has 44 heavy (non-hydrogen) atoms. The lowest BCUT2D eigenvalue weighted by atomic mass is 10.0. The van der Waals surface area contributed by atoms with Crippen LogP contribution in [-0.2, 0) is 27.4 Å². The average molecular weight is 611 g/mol. The number of unbranched alkanes of at least 4 members (excludes halogenated alkanes) is 3. The molecule has 4 heteroatoms. The molecule has 2 aromatic carbocycles. The molecule has 1 aliphatic heterocycles. The van der Waals surface area contributed by atoms with Gasteiger partial charge in [0.2, 0.25) is 0 Å². The normalized spacial score (nSPS) is 15.1. The van der Waals surface area contributed by atoms with Crippen molar-refractivity contribution in [1.29, 1.82) is 0 Å². The second kappa shape index (κ2) is 18.2. The summed E-state index contributed by atoms with van der Waals surface area (Å²) in [5.41, 5.74) is 11.3. The highest BCUT2D eigenvalue weighted by molar-refractivity contribution is 6.90. The maximum atomic E-state index is 6.17. The summed E-state index contributed by atoms with van der Waals surface area (Å²) in [6.07, 6.45) is 13.6. The smallest absolute Gasteiger partial charge is 0.158 e. The van der Waals surface area contributed by atoms with E-state index in [0.717, 1.165) is 72.3 Å². The number of benzene rings is 2. The molecule has 0 aromatic heterocycles. The average Bonchev–Trinajstić information content (AvgIpc) is 3.01. The van der Waals surface area contributed by atoms with Crippen LogP contribution in [0, 0.1) is 35.6 Å². The van der Waals surface area contributed by atoms with Gasteiger partial charge in [-0.25, -0.2) is 0 Å². The zero-order chi connectivity index (χ0) is 32.0. The molecule has 236 valence electrons. The second-order valence-electron chi connectivity index (χ2n) is 13.1. The summed E-state index contributed by atoms with van der Waals surface area (Å²) in [4.78, 5) is 0. The van der Waals surface area contributed by atoms with E-state index in [1.807, 2.05) is 12.1 Å². The van der Waals surface area contributed by atoms with Crippen molar-refractivity contribution in [3.05, 3.63) is 69.8 Å². The number of ether oxygens (including phenoxy) is 3. The summed E-state index contributed by atoms with van der Waals surface area (Å²) >= 11 is 0. The topological polar surface area (TPSA) is 27.7 Å². The quantitative estimate of drug-likeness (QED) is 0.128. The fraction of sp³-hybridized carbons (Fsp3) is 0.550. The Hall–Kier alpha value is -2.78. The predicted molar refractivity (Wildman–Crippen MR) is 187 cm³/mol. The first-order valence-electron chi connectivity index (χ1n) is 16.8. The van der Waals surface area contributed by atoms with Gasteiger partial charge in [-0.1, -0.05) is 91.4 Å². The lowest BCUT2D eigenvalue weighted by molar-refractivity contribution is -0.168. The van der Waals surface area contributed by atoms with Gasteiger partial charge in [-0.3, -0.25) is 0 Å². The number of hydrogen-bond acceptors (Lipinski definition) is 3. The molecule has 3 nitrogen and oxygen atoms in total. The molecule has 3 rings (SSSR count). The van der Waals surface area contributed by atoms with Gasteiger partial charge in [-0.05, 0) is 89.8 Å². The highest BCUT2D eigenvalue weighted by Gasteiger charge is 2.41. The monoisotopic (exact) mass is 610 g/mol. The van der Waals surface area contributed by atoms with Crippen molar-refractivity contribution < 1.29 is 14.2 Å². The first kappa shape index (κ1) is 35.7. The molecule has 0 amide bonds. The SMILES string of the molecule is C#Cc1cc(C#Cc2cc(C#C[Si](C(C)C)(C(C)C)C(C)C)cc(COC3CCCCO3)c2)cc(COCCCCCC)c1. The van der Waals surface area contributed by atoms with Crippen LogP contribution in [0.25, 0.3) is 0 Å². The Morgan fingerprint density at radius 2 is 1.36 bits per heavy atom. The van der Waals surface area contributed by atoms with Crippen LogP contribution in [-0.4, -0.2) is 27.6 Å². The third-order valence-electron chi connectivity index (χ3n) is 8.78. The van der Waals surface area contributed by atoms with Gasteiger partial charge in [0.25, 0.3) is 0 Å². The van der Waals surface area contributed by atoms with Crippen LogP contribution < -0.4 is 0 Å². The van der Waals surface area contributed by atoms with Crippen LogP contribution in [0.2, 0.25) is 16.6 Å². The Morgan fingerprint density at radius 3 is 1.93 bits per heavy atom. The summed E-state index contributed by atoms with van der Waals surface area (Å²) in [6, 6.07) is 12.5. The van der Waals surface area contributed by atoms with E-state index >= 15 is 0 Å². The van der Waals surface area contributed by atoms with E-state index in [2.05, 4.69) is 102 Å². The fourth-order valence-corrected chi connectivity index (χ4v) is 11.7. The molecule has 0 saturated carbocycles. The Kier molecular flexibility index (Phi) is 14.8. The van der Waals surface area contributed by atoms with Crippen LogP contribution in [0.1, 0.15) is 127 Å². The molecular weight excluding hydrogens is 557 g/mol. The largest absolute Gasteiger partial charge is 0.377 e. The van der Waals surface area contributed by atoms with Crippen LogP contribution in [0.4, 0.5) is 0 Å². The van der Waals surface area contributed by atoms with Gasteiger partial charge in [0, 0.05) is 35.5 Å². The first-order chi connectivity index (χ1) is 21.2. The maximum absolute atomic E-state index is 6.17. The molecule has 2 aromatic rings. The Labute approximate surface area is 269 Å². The highest BCUT2D eigenvalue weighted by Crippen LogP contribution is 2.40. The summed E-state index contributed by atoms with van der Waals surface area (Å²) in [6.45, 7) is 18.9. The van der Waals surface area contributed by atoms with Crippen molar-refractivity contribution in [1.82, 2.24) is 0 Å². The first-order valence-corrected chi connectivity index (χ1v) is 19.0. The third kappa shape index (κ3) is 10.7. The summed E-state index contributed by atoms with van der Waals surface area (Å²) < 4.78 is 17.9. The van der Waals surface area contributed by atoms with Gasteiger partial charge in [0.1, 0.15) is 8.07 Å². The highest BCUT2D eigenvalue weighted by atomic mass is 28.3. The lowest BCUT2D eigenvalue weighted by Gasteiger charge is -2.38. The molecule has 1 heterocycles. The van der Waals surface area contributed by atoms with E-state index in [9.17, 15) is 0 Å². The van der Waals surface area contributed by atoms with Crippen molar-refractivity contribution in [2.45, 2.75) is 130 Å². The lowest BCUT2D eigenvalue weighted by Crippen LogP contribution is -2.43. The zero-order valence-corrected chi connectivity index (χ0v) is 29.4. The second-order valence-corrected chi connectivity index (χ2v) is 18.7. The molecule has 1 aliphatic rings. The molecule has 1 fully saturated rings. The molecule has 0 N–H and O–H groups in total. The molecule has 0 spiro atoms. The summed E-state index contributed by atoms with van der Waals surface area (Å²) in [5.74, 6) is 13.2. The number of rotatable bonds is 13. The Bertz CT molecular complexity index is 1330. The van der Waals surface area contributed by atoms with Crippen LogP contribution >= 0.6 is 0 Å². The van der Waals surface area contributed by atoms with E-state index in [4.69, 9.17) is 20.6 Å². The molecule has 1 saturated heterocycles. The van der Waals surface area contributed by atoms with Crippen molar-refractivity contribution in [3.8, 4) is 35.6 Å². The third-order valence-corrected chi connectivity index (χ3v) is 15.1. The van der Waals surface area contributed by atoms with Crippen molar-refractivity contribution in [2.75, 3.05) is 13.2 Å². The van der Waals surface area contributed by atoms with E-state index in [1.165, 1.54) is 19.3 Å². The van der Waals surface area contributed by atoms with E-state index < -0.39 is 8.07 Å². The standard InChI is InChI=1S/C40H54O3Si/c1-9-11-12-14-20-41-29-38-24-34(10-2)23-35(26-38)17-18-36-25-37(19-22-44(31(3)4,32(5)6)33(7)8)28-39(27-36)30-43-40-16-13-15-21-42-40/h2,23-28,31-33,40H,9,11-16,20-21,29-30H2,1,3-8H3. The van der Waals surface area contributed by atoms with Gasteiger partial charge in [-0.15, -0.1) is 12.0 Å². The molecule has 1 unspecified atom stereocenters. The summed E-state index contributed by atoms with van der Waals surface area (Å²) in [7, 11) is -1.88. The predicted octanol–water partition coefficient (Wildman–Crippen LogP) is 9.78. The van der Waals surface area contributed by atoms with E-state index in [0.29, 0.717) is 29.8 Å². The minimum absolute atomic E-state index is 0.144. The zero-order valence-electron chi connectivity index (χ0n) is 28.4. The van der Waals surface area contributed by atoms with Crippen LogP contribution in [0.5, 0.6) is 0 Å². The Balaban J connectivity index is 1.92. The van der Waals surface area contributed by atoms with Crippen LogP contribution in [0.15, 0.2) is 36.4 Å². The minimum atomic E-state index is -1.88. The molecule has 1 atom stereocenters. The summed E-state index contributed by atoms with van der Waals surface area (Å²) in [5, 5.41) is 0. The minimum Gasteiger partial charge on any atom is -0.377 e. The van der Waals surface area contributed by atoms with Crippen molar-refractivity contribution in [3.63, 3.8) is 0 Å². The molecule has 0 bridgehead atoms. The number of terminal acetylenes is 1. The van der Waals surface area contributed by atoms with E-state index in [1.54, 1.807) is 0 Å². The van der Waals surface area contributed by atoms with Crippen molar-refractivity contribution >= 4 is 8.07 Å². The van der Waals surface area contributed by atoms with Gasteiger partial charge >= 0.3 is 0 Å². The molecular formula is C40H54O3Si. The van der Waals surface area contributed by atoms with Gasteiger partial charge in [-0.2, -0.15) is 0 Å². The number of hydrogen-bond donors (Lipinski definition) is 0. The van der Waals surface area contributed by atoms with Gasteiger partial charge in [0.15, 0.2) is 6.29 Å². The Morgan fingerprint density at radius 1 is 0.773 bits per heavy atom. The van der Waals surface area contributed by atoms with E-state index in [-0.39, 0.29) is 6.29 Å².